The van der Waals surface area contributed by atoms with E-state index < -0.39 is 34.4 Å². The van der Waals surface area contributed by atoms with Gasteiger partial charge in [-0.25, -0.2) is 8.42 Å². The van der Waals surface area contributed by atoms with Crippen LogP contribution in [0.25, 0.3) is 0 Å². The summed E-state index contributed by atoms with van der Waals surface area (Å²) in [5.41, 5.74) is 2.08. The number of carbonyl (C=O) groups is 2. The molecule has 0 aliphatic carbocycles. The zero-order valence-electron chi connectivity index (χ0n) is 25.9. The summed E-state index contributed by atoms with van der Waals surface area (Å²) in [6.07, 6.45) is 1.74. The average Bonchev–Trinajstić information content (AvgIpc) is 3.05. The number of sulfonamides is 1. The van der Waals surface area contributed by atoms with Crippen molar-refractivity contribution in [2.75, 3.05) is 17.4 Å². The third kappa shape index (κ3) is 9.21. The first-order chi connectivity index (χ1) is 22.4. The molecule has 4 aromatic carbocycles. The van der Waals surface area contributed by atoms with Crippen LogP contribution in [0.3, 0.4) is 0 Å². The lowest BCUT2D eigenvalue weighted by atomic mass is 10.0. The van der Waals surface area contributed by atoms with E-state index in [2.05, 4.69) is 5.32 Å². The van der Waals surface area contributed by atoms with E-state index >= 15 is 0 Å². The number of hydrogen-bond donors (Lipinski definition) is 1. The van der Waals surface area contributed by atoms with Crippen LogP contribution in [0.1, 0.15) is 36.5 Å². The van der Waals surface area contributed by atoms with Crippen LogP contribution in [0.4, 0.5) is 5.69 Å². The Bertz CT molecular complexity index is 1790. The van der Waals surface area contributed by atoms with E-state index in [-0.39, 0.29) is 33.6 Å². The van der Waals surface area contributed by atoms with Gasteiger partial charge in [0.05, 0.1) is 20.6 Å². The number of carbonyl (C=O) groups excluding carboxylic acids is 2. The summed E-state index contributed by atoms with van der Waals surface area (Å²) in [6.45, 7) is 3.37. The third-order valence-corrected chi connectivity index (χ3v) is 10.9. The minimum Gasteiger partial charge on any atom is -0.354 e. The Balaban J connectivity index is 1.85. The molecule has 2 amide bonds. The summed E-state index contributed by atoms with van der Waals surface area (Å²) in [6, 6.07) is 23.9. The lowest BCUT2D eigenvalue weighted by molar-refractivity contribution is -0.140. The monoisotopic (exact) mass is 733 g/mol. The molecule has 4 aromatic rings. The van der Waals surface area contributed by atoms with Gasteiger partial charge in [0.15, 0.2) is 0 Å². The average molecular weight is 736 g/mol. The zero-order chi connectivity index (χ0) is 34.1. The van der Waals surface area contributed by atoms with E-state index in [1.165, 1.54) is 29.2 Å². The number of halogens is 4. The highest BCUT2D eigenvalue weighted by atomic mass is 35.5. The molecule has 7 nitrogen and oxygen atoms in total. The molecule has 0 aromatic heterocycles. The Morgan fingerprint density at radius 2 is 1.43 bits per heavy atom. The highest BCUT2D eigenvalue weighted by Crippen LogP contribution is 2.36. The normalized spacial score (nSPS) is 12.0. The molecule has 0 saturated carbocycles. The summed E-state index contributed by atoms with van der Waals surface area (Å²) >= 11 is 26.0. The summed E-state index contributed by atoms with van der Waals surface area (Å²) in [7, 11) is -4.36. The van der Waals surface area contributed by atoms with Crippen LogP contribution < -0.4 is 9.62 Å². The molecule has 1 N–H and O–H groups in total. The van der Waals surface area contributed by atoms with E-state index in [1.54, 1.807) is 36.4 Å². The van der Waals surface area contributed by atoms with Crippen LogP contribution in [-0.2, 0) is 32.6 Å². The summed E-state index contributed by atoms with van der Waals surface area (Å²) in [5, 5.41) is 3.60. The minimum atomic E-state index is -4.36. The largest absolute Gasteiger partial charge is 0.354 e. The maximum atomic E-state index is 14.6. The first kappa shape index (κ1) is 36.6. The van der Waals surface area contributed by atoms with Crippen LogP contribution in [0, 0.1) is 6.92 Å². The van der Waals surface area contributed by atoms with Crippen molar-refractivity contribution in [3.05, 3.63) is 128 Å². The second-order valence-electron chi connectivity index (χ2n) is 11.0. The van der Waals surface area contributed by atoms with Crippen molar-refractivity contribution in [3.8, 4) is 0 Å². The fourth-order valence-electron chi connectivity index (χ4n) is 4.95. The molecule has 12 heteroatoms. The van der Waals surface area contributed by atoms with E-state index in [9.17, 15) is 18.0 Å². The van der Waals surface area contributed by atoms with Crippen LogP contribution in [0.2, 0.25) is 20.1 Å². The van der Waals surface area contributed by atoms with Gasteiger partial charge in [0, 0.05) is 35.1 Å². The van der Waals surface area contributed by atoms with Gasteiger partial charge in [-0.3, -0.25) is 13.9 Å². The quantitative estimate of drug-likeness (QED) is 0.132. The first-order valence-electron chi connectivity index (χ1n) is 15.0. The van der Waals surface area contributed by atoms with Gasteiger partial charge in [-0.15, -0.1) is 0 Å². The number of benzene rings is 4. The van der Waals surface area contributed by atoms with Gasteiger partial charge in [0.1, 0.15) is 12.6 Å². The fraction of sp³-hybridized carbons (Fsp3) is 0.257. The van der Waals surface area contributed by atoms with Crippen molar-refractivity contribution in [2.24, 2.45) is 0 Å². The molecule has 0 saturated heterocycles. The highest BCUT2D eigenvalue weighted by Gasteiger charge is 2.36. The van der Waals surface area contributed by atoms with Crippen molar-refractivity contribution >= 4 is 73.9 Å². The minimum absolute atomic E-state index is 0.0100. The lowest BCUT2D eigenvalue weighted by Crippen LogP contribution is -2.53. The molecule has 1 unspecified atom stereocenters. The highest BCUT2D eigenvalue weighted by molar-refractivity contribution is 7.92. The molecule has 0 aliphatic rings. The predicted molar refractivity (Wildman–Crippen MR) is 191 cm³/mol. The van der Waals surface area contributed by atoms with Gasteiger partial charge in [0.25, 0.3) is 10.0 Å². The third-order valence-electron chi connectivity index (χ3n) is 7.58. The van der Waals surface area contributed by atoms with E-state index in [0.717, 1.165) is 28.3 Å². The molecule has 0 aliphatic heterocycles. The summed E-state index contributed by atoms with van der Waals surface area (Å²) < 4.78 is 29.4. The van der Waals surface area contributed by atoms with E-state index in [1.807, 2.05) is 44.2 Å². The molecule has 0 fully saturated rings. The molecular weight excluding hydrogens is 700 g/mol. The maximum absolute atomic E-state index is 14.6. The number of nitrogens with zero attached hydrogens (tertiary/aromatic N) is 2. The number of nitrogens with one attached hydrogen (secondary N) is 1. The Kier molecular flexibility index (Phi) is 13.0. The van der Waals surface area contributed by atoms with Crippen LogP contribution in [-0.4, -0.2) is 44.3 Å². The van der Waals surface area contributed by atoms with Crippen molar-refractivity contribution < 1.29 is 18.0 Å². The number of aryl methyl sites for hydroxylation is 1. The molecule has 47 heavy (non-hydrogen) atoms. The molecule has 0 spiro atoms. The topological polar surface area (TPSA) is 86.8 Å². The lowest BCUT2D eigenvalue weighted by Gasteiger charge is -2.34. The van der Waals surface area contributed by atoms with Gasteiger partial charge in [-0.1, -0.05) is 120 Å². The SMILES string of the molecule is CCCCNC(=O)C(Cc1ccccc1)N(Cc1c(Cl)cccc1Cl)C(=O)CN(c1cccc(Cl)c1Cl)S(=O)(=O)c1ccc(C)cc1. The number of rotatable bonds is 14. The van der Waals surface area contributed by atoms with E-state index in [0.29, 0.717) is 22.2 Å². The number of hydrogen-bond acceptors (Lipinski definition) is 4. The second-order valence-corrected chi connectivity index (χ2v) is 14.4. The molecule has 0 radical (unpaired) electrons. The van der Waals surface area contributed by atoms with Gasteiger partial charge in [0.2, 0.25) is 11.8 Å². The Hall–Kier alpha value is -3.27. The van der Waals surface area contributed by atoms with Gasteiger partial charge in [-0.05, 0) is 55.3 Å². The van der Waals surface area contributed by atoms with Gasteiger partial charge < -0.3 is 10.2 Å². The second kappa shape index (κ2) is 16.7. The molecule has 0 heterocycles. The van der Waals surface area contributed by atoms with Crippen molar-refractivity contribution in [2.45, 2.75) is 50.6 Å². The van der Waals surface area contributed by atoms with Gasteiger partial charge in [-0.2, -0.15) is 0 Å². The molecule has 248 valence electrons. The van der Waals surface area contributed by atoms with Crippen LogP contribution in [0.15, 0.2) is 95.9 Å². The van der Waals surface area contributed by atoms with Crippen LogP contribution in [0.5, 0.6) is 0 Å². The fourth-order valence-corrected chi connectivity index (χ4v) is 7.34. The molecule has 4 rings (SSSR count). The van der Waals surface area contributed by atoms with Crippen molar-refractivity contribution in [1.82, 2.24) is 10.2 Å². The smallest absolute Gasteiger partial charge is 0.264 e. The predicted octanol–water partition coefficient (Wildman–Crippen LogP) is 8.36. The Labute approximate surface area is 296 Å². The van der Waals surface area contributed by atoms with Crippen molar-refractivity contribution in [3.63, 3.8) is 0 Å². The molecule has 1 atom stereocenters. The Morgan fingerprint density at radius 1 is 0.809 bits per heavy atom. The summed E-state index contributed by atoms with van der Waals surface area (Å²) in [5.74, 6) is -1.08. The first-order valence-corrected chi connectivity index (χ1v) is 18.0. The molecule has 0 bridgehead atoms. The zero-order valence-corrected chi connectivity index (χ0v) is 29.8. The number of unbranched alkanes of at least 4 members (excludes halogenated alkanes) is 1. The standard InChI is InChI=1S/C35H35Cl4N3O4S/c1-3-4-20-40-35(44)32(21-25-10-6-5-7-11-25)41(22-27-28(36)12-8-13-29(27)37)33(43)23-42(31-15-9-14-30(38)34(31)39)47(45,46)26-18-16-24(2)17-19-26/h5-19,32H,3-4,20-23H2,1-2H3,(H,40,44). The Morgan fingerprint density at radius 3 is 2.06 bits per heavy atom. The van der Waals surface area contributed by atoms with Gasteiger partial charge >= 0.3 is 0 Å². The van der Waals surface area contributed by atoms with Crippen molar-refractivity contribution in [1.29, 1.82) is 0 Å². The number of anilines is 1. The summed E-state index contributed by atoms with van der Waals surface area (Å²) in [4.78, 5) is 29.8. The molecular formula is C35H35Cl4N3O4S. The van der Waals surface area contributed by atoms with E-state index in [4.69, 9.17) is 46.4 Å². The number of amides is 2. The maximum Gasteiger partial charge on any atom is 0.264 e. The van der Waals surface area contributed by atoms with Crippen LogP contribution >= 0.6 is 46.4 Å².